The van der Waals surface area contributed by atoms with Crippen molar-refractivity contribution in [2.45, 2.75) is 52.0 Å². The highest BCUT2D eigenvalue weighted by molar-refractivity contribution is 7.05. The summed E-state index contributed by atoms with van der Waals surface area (Å²) in [4.78, 5) is 1.31. The Morgan fingerprint density at radius 2 is 2.35 bits per heavy atom. The van der Waals surface area contributed by atoms with Crippen molar-refractivity contribution < 1.29 is 0 Å². The van der Waals surface area contributed by atoms with Gasteiger partial charge in [-0.2, -0.15) is 0 Å². The highest BCUT2D eigenvalue weighted by Gasteiger charge is 2.29. The number of hydrogen-bond donors (Lipinski definition) is 1. The lowest BCUT2D eigenvalue weighted by molar-refractivity contribution is 0.212. The van der Waals surface area contributed by atoms with Gasteiger partial charge in [0.25, 0.3) is 0 Å². The van der Waals surface area contributed by atoms with Gasteiger partial charge >= 0.3 is 0 Å². The third-order valence-corrected chi connectivity index (χ3v) is 4.73. The molecule has 0 amide bonds. The Hall–Kier alpha value is -0.480. The summed E-state index contributed by atoms with van der Waals surface area (Å²) in [6, 6.07) is 0.481. The summed E-state index contributed by atoms with van der Waals surface area (Å²) in [5.41, 5.74) is 0. The topological polar surface area (TPSA) is 37.8 Å². The molecule has 4 heteroatoms. The molecule has 1 aromatic heterocycles. The minimum Gasteiger partial charge on any atom is -0.309 e. The Balaban J connectivity index is 2.05. The second-order valence-electron chi connectivity index (χ2n) is 5.06. The Labute approximate surface area is 108 Å². The highest BCUT2D eigenvalue weighted by atomic mass is 32.1. The number of rotatable bonds is 5. The standard InChI is InChI=1S/C13H23N3S/c1-3-10-6-5-7-11(8-10)13(14-4-2)12-9-15-16-17-12/h9-11,13-14H,3-8H2,1-2H3. The monoisotopic (exact) mass is 253 g/mol. The summed E-state index contributed by atoms with van der Waals surface area (Å²) in [6.07, 6.45) is 8.80. The van der Waals surface area contributed by atoms with Crippen LogP contribution in [0, 0.1) is 11.8 Å². The van der Waals surface area contributed by atoms with E-state index in [2.05, 4.69) is 28.8 Å². The maximum atomic E-state index is 4.01. The number of nitrogens with zero attached hydrogens (tertiary/aromatic N) is 2. The average molecular weight is 253 g/mol. The molecule has 3 nitrogen and oxygen atoms in total. The predicted molar refractivity (Wildman–Crippen MR) is 72.1 cm³/mol. The molecule has 0 aromatic carbocycles. The minimum absolute atomic E-state index is 0.481. The molecule has 0 bridgehead atoms. The summed E-state index contributed by atoms with van der Waals surface area (Å²) < 4.78 is 4.01. The Bertz CT molecular complexity index is 312. The molecule has 0 saturated heterocycles. The lowest BCUT2D eigenvalue weighted by Gasteiger charge is -2.34. The van der Waals surface area contributed by atoms with E-state index in [1.54, 1.807) is 11.5 Å². The van der Waals surface area contributed by atoms with E-state index in [1.165, 1.54) is 37.0 Å². The van der Waals surface area contributed by atoms with Crippen molar-refractivity contribution in [2.75, 3.05) is 6.54 Å². The maximum absolute atomic E-state index is 4.01. The van der Waals surface area contributed by atoms with Gasteiger partial charge in [-0.3, -0.25) is 0 Å². The van der Waals surface area contributed by atoms with Crippen LogP contribution in [0.25, 0.3) is 0 Å². The number of hydrogen-bond acceptors (Lipinski definition) is 4. The third kappa shape index (κ3) is 3.26. The normalized spacial score (nSPS) is 26.9. The molecule has 1 aliphatic carbocycles. The molecule has 1 saturated carbocycles. The molecule has 17 heavy (non-hydrogen) atoms. The Kier molecular flexibility index (Phi) is 4.92. The van der Waals surface area contributed by atoms with Crippen molar-refractivity contribution in [3.63, 3.8) is 0 Å². The van der Waals surface area contributed by atoms with E-state index in [9.17, 15) is 0 Å². The molecule has 96 valence electrons. The van der Waals surface area contributed by atoms with Crippen LogP contribution in [0.15, 0.2) is 6.20 Å². The third-order valence-electron chi connectivity index (χ3n) is 3.98. The zero-order valence-corrected chi connectivity index (χ0v) is 11.7. The summed E-state index contributed by atoms with van der Waals surface area (Å²) in [6.45, 7) is 5.53. The van der Waals surface area contributed by atoms with Crippen LogP contribution in [-0.4, -0.2) is 16.1 Å². The van der Waals surface area contributed by atoms with Gasteiger partial charge in [0.05, 0.1) is 11.1 Å². The minimum atomic E-state index is 0.481. The Morgan fingerprint density at radius 1 is 1.47 bits per heavy atom. The van der Waals surface area contributed by atoms with E-state index in [4.69, 9.17) is 0 Å². The van der Waals surface area contributed by atoms with Gasteiger partial charge < -0.3 is 5.32 Å². The zero-order valence-electron chi connectivity index (χ0n) is 10.9. The van der Waals surface area contributed by atoms with Gasteiger partial charge in [-0.05, 0) is 42.8 Å². The van der Waals surface area contributed by atoms with Gasteiger partial charge in [0.15, 0.2) is 0 Å². The van der Waals surface area contributed by atoms with Gasteiger partial charge in [0.1, 0.15) is 0 Å². The van der Waals surface area contributed by atoms with Gasteiger partial charge in [0, 0.05) is 6.04 Å². The van der Waals surface area contributed by atoms with E-state index in [-0.39, 0.29) is 0 Å². The fourth-order valence-electron chi connectivity index (χ4n) is 3.04. The molecule has 1 N–H and O–H groups in total. The van der Waals surface area contributed by atoms with Gasteiger partial charge in [-0.25, -0.2) is 0 Å². The molecule has 2 rings (SSSR count). The van der Waals surface area contributed by atoms with Crippen molar-refractivity contribution in [1.82, 2.24) is 14.9 Å². The molecule has 0 spiro atoms. The van der Waals surface area contributed by atoms with Gasteiger partial charge in [0.2, 0.25) is 0 Å². The molecule has 1 aromatic rings. The maximum Gasteiger partial charge on any atom is 0.0669 e. The summed E-state index contributed by atoms with van der Waals surface area (Å²) >= 11 is 1.55. The van der Waals surface area contributed by atoms with Crippen LogP contribution in [-0.2, 0) is 0 Å². The van der Waals surface area contributed by atoms with E-state index < -0.39 is 0 Å². The van der Waals surface area contributed by atoms with E-state index in [1.807, 2.05) is 6.20 Å². The first kappa shape index (κ1) is 13.0. The first-order valence-electron chi connectivity index (χ1n) is 6.85. The lowest BCUT2D eigenvalue weighted by Crippen LogP contribution is -2.31. The van der Waals surface area contributed by atoms with Crippen molar-refractivity contribution in [3.05, 3.63) is 11.1 Å². The van der Waals surface area contributed by atoms with E-state index >= 15 is 0 Å². The van der Waals surface area contributed by atoms with Gasteiger partial charge in [-0.1, -0.05) is 37.6 Å². The van der Waals surface area contributed by atoms with Crippen molar-refractivity contribution in [2.24, 2.45) is 11.8 Å². The molecule has 3 unspecified atom stereocenters. The predicted octanol–water partition coefficient (Wildman–Crippen LogP) is 3.41. The van der Waals surface area contributed by atoms with Crippen molar-refractivity contribution in [3.8, 4) is 0 Å². The first-order chi connectivity index (χ1) is 8.35. The summed E-state index contributed by atoms with van der Waals surface area (Å²) in [5.74, 6) is 1.70. The molecule has 0 aliphatic heterocycles. The van der Waals surface area contributed by atoms with Gasteiger partial charge in [-0.15, -0.1) is 5.10 Å². The quantitative estimate of drug-likeness (QED) is 0.874. The summed E-state index contributed by atoms with van der Waals surface area (Å²) in [7, 11) is 0. The molecule has 3 atom stereocenters. The fourth-order valence-corrected chi connectivity index (χ4v) is 3.71. The lowest BCUT2D eigenvalue weighted by atomic mass is 9.76. The highest BCUT2D eigenvalue weighted by Crippen LogP contribution is 2.38. The van der Waals surface area contributed by atoms with Crippen LogP contribution >= 0.6 is 11.5 Å². The van der Waals surface area contributed by atoms with Crippen LogP contribution < -0.4 is 5.32 Å². The molecule has 1 aliphatic rings. The smallest absolute Gasteiger partial charge is 0.0669 e. The Morgan fingerprint density at radius 3 is 3.00 bits per heavy atom. The van der Waals surface area contributed by atoms with E-state index in [0.29, 0.717) is 6.04 Å². The second kappa shape index (κ2) is 6.45. The van der Waals surface area contributed by atoms with Crippen LogP contribution in [0.1, 0.15) is 56.9 Å². The first-order valence-corrected chi connectivity index (χ1v) is 7.63. The molecular formula is C13H23N3S. The largest absolute Gasteiger partial charge is 0.309 e. The van der Waals surface area contributed by atoms with Crippen LogP contribution in [0.3, 0.4) is 0 Å². The summed E-state index contributed by atoms with van der Waals surface area (Å²) in [5, 5.41) is 7.62. The molecule has 0 radical (unpaired) electrons. The zero-order chi connectivity index (χ0) is 12.1. The fraction of sp³-hybridized carbons (Fsp3) is 0.846. The van der Waals surface area contributed by atoms with Crippen LogP contribution in [0.4, 0.5) is 0 Å². The van der Waals surface area contributed by atoms with Crippen molar-refractivity contribution in [1.29, 1.82) is 0 Å². The second-order valence-corrected chi connectivity index (χ2v) is 5.87. The van der Waals surface area contributed by atoms with E-state index in [0.717, 1.165) is 18.4 Å². The molecule has 1 fully saturated rings. The number of aromatic nitrogens is 2. The molecule has 1 heterocycles. The van der Waals surface area contributed by atoms with Crippen LogP contribution in [0.2, 0.25) is 0 Å². The average Bonchev–Trinajstić information content (AvgIpc) is 2.89. The SMILES string of the molecule is CCNC(c1cnns1)C1CCCC(CC)C1. The van der Waals surface area contributed by atoms with Crippen molar-refractivity contribution >= 4 is 11.5 Å². The number of nitrogens with one attached hydrogen (secondary N) is 1. The molecular weight excluding hydrogens is 230 g/mol. The van der Waals surface area contributed by atoms with Crippen LogP contribution in [0.5, 0.6) is 0 Å².